The van der Waals surface area contributed by atoms with E-state index in [0.29, 0.717) is 30.3 Å². The average Bonchev–Trinajstić information content (AvgIpc) is 3.08. The Balaban J connectivity index is 1.83. The summed E-state index contributed by atoms with van der Waals surface area (Å²) in [6.45, 7) is 7.55. The molecular weight excluding hydrogens is 368 g/mol. The summed E-state index contributed by atoms with van der Waals surface area (Å²) in [5, 5.41) is 3.23. The first-order chi connectivity index (χ1) is 13.7. The van der Waals surface area contributed by atoms with Crippen molar-refractivity contribution in [3.8, 4) is 17.2 Å². The normalized spacial score (nSPS) is 19.5. The molecule has 6 heteroatoms. The van der Waals surface area contributed by atoms with Gasteiger partial charge in [-0.15, -0.1) is 0 Å². The van der Waals surface area contributed by atoms with Crippen molar-refractivity contribution in [2.24, 2.45) is 11.1 Å². The maximum Gasteiger partial charge on any atom is 0.337 e. The molecule has 0 bridgehead atoms. The predicted molar refractivity (Wildman–Crippen MR) is 110 cm³/mol. The number of esters is 1. The highest BCUT2D eigenvalue weighted by Gasteiger charge is 2.44. The van der Waals surface area contributed by atoms with Gasteiger partial charge in [0.05, 0.1) is 30.5 Å². The molecule has 0 amide bonds. The molecule has 1 unspecified atom stereocenters. The molecule has 0 fully saturated rings. The lowest BCUT2D eigenvalue weighted by Crippen LogP contribution is -2.34. The van der Waals surface area contributed by atoms with Gasteiger partial charge in [0, 0.05) is 17.7 Å². The average molecular weight is 394 g/mol. The lowest BCUT2D eigenvalue weighted by Gasteiger charge is -2.36. The van der Waals surface area contributed by atoms with E-state index in [2.05, 4.69) is 26.1 Å². The van der Waals surface area contributed by atoms with Crippen molar-refractivity contribution < 1.29 is 19.0 Å². The third-order valence-electron chi connectivity index (χ3n) is 5.18. The van der Waals surface area contributed by atoms with Crippen LogP contribution in [0.25, 0.3) is 0 Å². The van der Waals surface area contributed by atoms with Gasteiger partial charge < -0.3 is 25.3 Å². The highest BCUT2D eigenvalue weighted by atomic mass is 16.5. The number of methoxy groups -OCH3 is 1. The monoisotopic (exact) mass is 394 g/mol. The van der Waals surface area contributed by atoms with E-state index in [1.807, 2.05) is 30.3 Å². The summed E-state index contributed by atoms with van der Waals surface area (Å²) in [4.78, 5) is 12.1. The lowest BCUT2D eigenvalue weighted by molar-refractivity contribution is 0.0600. The molecule has 2 aliphatic heterocycles. The van der Waals surface area contributed by atoms with Gasteiger partial charge in [0.1, 0.15) is 17.2 Å². The molecule has 1 spiro atoms. The van der Waals surface area contributed by atoms with Gasteiger partial charge in [0.15, 0.2) is 0 Å². The third kappa shape index (κ3) is 3.39. The van der Waals surface area contributed by atoms with Crippen LogP contribution in [0.15, 0.2) is 48.3 Å². The van der Waals surface area contributed by atoms with E-state index in [4.69, 9.17) is 19.9 Å². The molecule has 0 aliphatic carbocycles. The van der Waals surface area contributed by atoms with Crippen LogP contribution < -0.4 is 20.5 Å². The van der Waals surface area contributed by atoms with Crippen molar-refractivity contribution in [3.05, 3.63) is 65.0 Å². The first-order valence-electron chi connectivity index (χ1n) is 9.62. The molecule has 0 saturated carbocycles. The Kier molecular flexibility index (Phi) is 4.45. The molecule has 0 radical (unpaired) electrons. The Morgan fingerprint density at radius 2 is 1.86 bits per heavy atom. The Bertz CT molecular complexity index is 1010. The highest BCUT2D eigenvalue weighted by Crippen LogP contribution is 2.51. The second-order valence-electron chi connectivity index (χ2n) is 8.74. The maximum absolute atomic E-state index is 12.1. The Morgan fingerprint density at radius 3 is 2.48 bits per heavy atom. The van der Waals surface area contributed by atoms with Gasteiger partial charge in [-0.3, -0.25) is 0 Å². The topological polar surface area (TPSA) is 82.8 Å². The van der Waals surface area contributed by atoms with Crippen LogP contribution in [0.5, 0.6) is 17.2 Å². The van der Waals surface area contributed by atoms with Crippen LogP contribution in [0, 0.1) is 5.41 Å². The van der Waals surface area contributed by atoms with Gasteiger partial charge in [-0.05, 0) is 47.9 Å². The second kappa shape index (κ2) is 6.72. The van der Waals surface area contributed by atoms with E-state index >= 15 is 0 Å². The summed E-state index contributed by atoms with van der Waals surface area (Å²) in [6, 6.07) is 11.2. The number of rotatable bonds is 3. The van der Waals surface area contributed by atoms with Crippen molar-refractivity contribution in [1.29, 1.82) is 0 Å². The van der Waals surface area contributed by atoms with Crippen LogP contribution in [0.3, 0.4) is 0 Å². The predicted octanol–water partition coefficient (Wildman–Crippen LogP) is 3.69. The molecule has 2 aliphatic rings. The van der Waals surface area contributed by atoms with Crippen LogP contribution in [-0.4, -0.2) is 26.2 Å². The molecule has 152 valence electrons. The smallest absolute Gasteiger partial charge is 0.337 e. The van der Waals surface area contributed by atoms with Crippen LogP contribution in [-0.2, 0) is 10.2 Å². The van der Waals surface area contributed by atoms with E-state index in [1.54, 1.807) is 12.1 Å². The number of nitrogens with two attached hydrogens (primary N) is 1. The van der Waals surface area contributed by atoms with Crippen LogP contribution in [0.1, 0.15) is 42.3 Å². The summed E-state index contributed by atoms with van der Waals surface area (Å²) >= 11 is 0. The molecule has 4 rings (SSSR count). The van der Waals surface area contributed by atoms with E-state index in [0.717, 1.165) is 22.6 Å². The molecule has 29 heavy (non-hydrogen) atoms. The highest BCUT2D eigenvalue weighted by molar-refractivity contribution is 5.90. The van der Waals surface area contributed by atoms with Crippen molar-refractivity contribution >= 4 is 5.97 Å². The maximum atomic E-state index is 12.1. The Morgan fingerprint density at radius 1 is 1.17 bits per heavy atom. The Hall–Kier alpha value is -3.15. The second-order valence-corrected chi connectivity index (χ2v) is 8.74. The summed E-state index contributed by atoms with van der Waals surface area (Å²) in [5.74, 6) is 2.42. The third-order valence-corrected chi connectivity index (χ3v) is 5.18. The number of nitrogens with one attached hydrogen (secondary N) is 1. The number of hydrogen-bond donors (Lipinski definition) is 2. The van der Waals surface area contributed by atoms with Crippen molar-refractivity contribution in [2.75, 3.05) is 20.3 Å². The minimum absolute atomic E-state index is 0.0470. The lowest BCUT2D eigenvalue weighted by atomic mass is 9.72. The number of carbonyl (C=O) groups is 1. The summed E-state index contributed by atoms with van der Waals surface area (Å²) in [5.41, 5.74) is 7.90. The van der Waals surface area contributed by atoms with E-state index in [9.17, 15) is 4.79 Å². The van der Waals surface area contributed by atoms with Gasteiger partial charge >= 0.3 is 5.97 Å². The fourth-order valence-electron chi connectivity index (χ4n) is 3.77. The minimum atomic E-state index is -0.557. The van der Waals surface area contributed by atoms with Gasteiger partial charge in [0.2, 0.25) is 0 Å². The number of carbonyl (C=O) groups excluding carboxylic acids is 1. The van der Waals surface area contributed by atoms with Crippen LogP contribution in [0.4, 0.5) is 0 Å². The summed E-state index contributed by atoms with van der Waals surface area (Å²) < 4.78 is 17.1. The molecule has 2 aromatic carbocycles. The van der Waals surface area contributed by atoms with E-state index < -0.39 is 5.41 Å². The van der Waals surface area contributed by atoms with Gasteiger partial charge in [0.25, 0.3) is 0 Å². The molecule has 0 saturated heterocycles. The Labute approximate surface area is 170 Å². The molecule has 6 nitrogen and oxygen atoms in total. The largest absolute Gasteiger partial charge is 0.493 e. The fraction of sp³-hybridized carbons (Fsp3) is 0.348. The van der Waals surface area contributed by atoms with Crippen molar-refractivity contribution in [3.63, 3.8) is 0 Å². The SMILES string of the molecule is COC(=O)c1ccc2c(c1)C1(C=C(N)NC1)c1cc(OCC(C)(C)C)ccc1O2. The van der Waals surface area contributed by atoms with E-state index in [-0.39, 0.29) is 11.4 Å². The van der Waals surface area contributed by atoms with Crippen LogP contribution in [0.2, 0.25) is 0 Å². The number of ether oxygens (including phenoxy) is 3. The summed E-state index contributed by atoms with van der Waals surface area (Å²) in [7, 11) is 1.37. The molecule has 3 N–H and O–H groups in total. The fourth-order valence-corrected chi connectivity index (χ4v) is 3.77. The van der Waals surface area contributed by atoms with Gasteiger partial charge in [-0.1, -0.05) is 20.8 Å². The van der Waals surface area contributed by atoms with Crippen molar-refractivity contribution in [1.82, 2.24) is 5.32 Å². The number of benzene rings is 2. The van der Waals surface area contributed by atoms with E-state index in [1.165, 1.54) is 7.11 Å². The zero-order valence-corrected chi connectivity index (χ0v) is 17.2. The number of fused-ring (bicyclic) bond motifs is 4. The first-order valence-corrected chi connectivity index (χ1v) is 9.62. The zero-order valence-electron chi connectivity index (χ0n) is 17.2. The first kappa shape index (κ1) is 19.2. The molecule has 0 aromatic heterocycles. The minimum Gasteiger partial charge on any atom is -0.493 e. The molecule has 2 aromatic rings. The number of hydrogen-bond acceptors (Lipinski definition) is 6. The van der Waals surface area contributed by atoms with Crippen LogP contribution >= 0.6 is 0 Å². The van der Waals surface area contributed by atoms with Crippen molar-refractivity contribution in [2.45, 2.75) is 26.2 Å². The quantitative estimate of drug-likeness (QED) is 0.773. The summed E-state index contributed by atoms with van der Waals surface area (Å²) in [6.07, 6.45) is 1.99. The zero-order chi connectivity index (χ0) is 20.8. The van der Waals surface area contributed by atoms with Gasteiger partial charge in [-0.25, -0.2) is 4.79 Å². The molecule has 2 heterocycles. The molecule has 1 atom stereocenters. The standard InChI is InChI=1S/C23H26N2O4/c1-22(2,3)13-28-15-6-8-19-17(10-15)23(11-20(24)25-12-23)16-9-14(21(26)27-4)5-7-18(16)29-19/h5-11,25H,12-13,24H2,1-4H3. The molecular formula is C23H26N2O4. The van der Waals surface area contributed by atoms with Gasteiger partial charge in [-0.2, -0.15) is 0 Å².